The fourth-order valence-corrected chi connectivity index (χ4v) is 6.10. The molecular formula is C33H33FN2O5. The first kappa shape index (κ1) is 26.9. The molecule has 4 aromatic rings. The van der Waals surface area contributed by atoms with Crippen molar-refractivity contribution in [2.75, 3.05) is 13.7 Å². The first-order chi connectivity index (χ1) is 19.8. The van der Waals surface area contributed by atoms with Crippen molar-refractivity contribution in [1.29, 1.82) is 0 Å². The highest BCUT2D eigenvalue weighted by Gasteiger charge is 2.32. The number of halogens is 1. The van der Waals surface area contributed by atoms with E-state index in [2.05, 4.69) is 18.9 Å². The molecule has 0 radical (unpaired) electrons. The first-order valence-electron chi connectivity index (χ1n) is 13.8. The van der Waals surface area contributed by atoms with Crippen molar-refractivity contribution in [1.82, 2.24) is 9.78 Å². The van der Waals surface area contributed by atoms with Crippen molar-refractivity contribution in [2.24, 2.45) is 7.05 Å². The van der Waals surface area contributed by atoms with Gasteiger partial charge >= 0.3 is 5.97 Å². The number of fused-ring (bicyclic) bond motifs is 2. The maximum absolute atomic E-state index is 15.3. The van der Waals surface area contributed by atoms with Crippen LogP contribution in [0.1, 0.15) is 58.4 Å². The summed E-state index contributed by atoms with van der Waals surface area (Å²) in [4.78, 5) is 11.7. The highest BCUT2D eigenvalue weighted by Crippen LogP contribution is 2.45. The van der Waals surface area contributed by atoms with Crippen molar-refractivity contribution in [2.45, 2.75) is 51.7 Å². The normalized spacial score (nSPS) is 17.1. The van der Waals surface area contributed by atoms with Crippen LogP contribution in [0, 0.1) is 19.7 Å². The maximum Gasteiger partial charge on any atom is 0.306 e. The molecule has 7 nitrogen and oxygen atoms in total. The third kappa shape index (κ3) is 5.26. The number of methoxy groups -OCH3 is 1. The molecule has 1 unspecified atom stereocenters. The van der Waals surface area contributed by atoms with Crippen LogP contribution in [0.25, 0.3) is 11.1 Å². The van der Waals surface area contributed by atoms with Crippen LogP contribution in [0.4, 0.5) is 4.39 Å². The smallest absolute Gasteiger partial charge is 0.306 e. The van der Waals surface area contributed by atoms with Gasteiger partial charge in [0.25, 0.3) is 0 Å². The van der Waals surface area contributed by atoms with Crippen LogP contribution < -0.4 is 14.2 Å². The van der Waals surface area contributed by atoms with Crippen molar-refractivity contribution in [3.05, 3.63) is 94.1 Å². The molecule has 2 heterocycles. The number of hydrogen-bond donors (Lipinski definition) is 0. The van der Waals surface area contributed by atoms with Crippen molar-refractivity contribution in [3.63, 3.8) is 0 Å². The number of hydrogen-bond acceptors (Lipinski definition) is 6. The summed E-state index contributed by atoms with van der Waals surface area (Å²) in [6.07, 6.45) is 3.15. The van der Waals surface area contributed by atoms with Gasteiger partial charge in [0.1, 0.15) is 35.8 Å². The topological polar surface area (TPSA) is 71.8 Å². The zero-order valence-electron chi connectivity index (χ0n) is 23.7. The van der Waals surface area contributed by atoms with Crippen molar-refractivity contribution < 1.29 is 28.1 Å². The lowest BCUT2D eigenvalue weighted by atomic mass is 9.90. The van der Waals surface area contributed by atoms with Gasteiger partial charge in [0.05, 0.1) is 25.8 Å². The minimum Gasteiger partial charge on any atom is -0.492 e. The molecule has 0 N–H and O–H groups in total. The van der Waals surface area contributed by atoms with E-state index >= 15 is 4.39 Å². The lowest BCUT2D eigenvalue weighted by Gasteiger charge is -2.19. The number of rotatable bonds is 8. The molecule has 1 aliphatic carbocycles. The Morgan fingerprint density at radius 1 is 1.10 bits per heavy atom. The van der Waals surface area contributed by atoms with Crippen LogP contribution in [0.15, 0.2) is 54.7 Å². The highest BCUT2D eigenvalue weighted by atomic mass is 19.1. The molecule has 3 aromatic carbocycles. The molecule has 2 atom stereocenters. The van der Waals surface area contributed by atoms with Gasteiger partial charge in [-0.05, 0) is 84.8 Å². The molecule has 0 bridgehead atoms. The first-order valence-corrected chi connectivity index (χ1v) is 13.8. The Hall–Kier alpha value is -4.33. The summed E-state index contributed by atoms with van der Waals surface area (Å²) in [6, 6.07) is 15.1. The van der Waals surface area contributed by atoms with E-state index in [1.807, 2.05) is 55.7 Å². The van der Waals surface area contributed by atoms with Crippen LogP contribution in [-0.4, -0.2) is 29.5 Å². The molecule has 0 fully saturated rings. The van der Waals surface area contributed by atoms with Crippen LogP contribution >= 0.6 is 0 Å². The van der Waals surface area contributed by atoms with E-state index in [-0.39, 0.29) is 24.1 Å². The van der Waals surface area contributed by atoms with Gasteiger partial charge in [0.15, 0.2) is 0 Å². The van der Waals surface area contributed by atoms with E-state index in [1.54, 1.807) is 10.7 Å². The molecule has 0 spiro atoms. The lowest BCUT2D eigenvalue weighted by Crippen LogP contribution is -2.09. The predicted octanol–water partition coefficient (Wildman–Crippen LogP) is 6.53. The Balaban J connectivity index is 1.23. The molecule has 0 amide bonds. The number of aromatic nitrogens is 2. The van der Waals surface area contributed by atoms with Crippen molar-refractivity contribution >= 4 is 5.97 Å². The predicted molar refractivity (Wildman–Crippen MR) is 152 cm³/mol. The fraction of sp³-hybridized carbons (Fsp3) is 0.333. The SMILES string of the molecule is COC(=O)CC1COc2cc(O[C@@H]3CCc4c(-c5c(C)cc(OCc6ccn(C)n6)cc5C)ccc(F)c43)ccc21. The highest BCUT2D eigenvalue weighted by molar-refractivity contribution is 5.76. The van der Waals surface area contributed by atoms with E-state index < -0.39 is 6.10 Å². The minimum atomic E-state index is -0.406. The summed E-state index contributed by atoms with van der Waals surface area (Å²) in [5.74, 6) is 1.52. The molecule has 8 heteroatoms. The maximum atomic E-state index is 15.3. The summed E-state index contributed by atoms with van der Waals surface area (Å²) < 4.78 is 40.1. The average Bonchev–Trinajstić information content (AvgIpc) is 3.67. The molecule has 41 heavy (non-hydrogen) atoms. The lowest BCUT2D eigenvalue weighted by molar-refractivity contribution is -0.141. The number of benzene rings is 3. The van der Waals surface area contributed by atoms with Gasteiger partial charge in [-0.2, -0.15) is 5.10 Å². The standard InChI is InChI=1S/C33H33FN2O5/c1-19-13-24(39-18-22-11-12-36(3)35-22)14-20(2)32(19)26-7-9-28(34)33-27(26)8-10-29(33)41-23-5-6-25-21(15-31(37)38-4)17-40-30(25)16-23/h5-7,9,11-14,16,21,29H,8,10,15,17-18H2,1-4H3/t21?,29-/m1/s1. The zero-order chi connectivity index (χ0) is 28.7. The second-order valence-electron chi connectivity index (χ2n) is 10.8. The minimum absolute atomic E-state index is 0.0445. The molecule has 6 rings (SSSR count). The van der Waals surface area contributed by atoms with Gasteiger partial charge < -0.3 is 18.9 Å². The molecule has 0 saturated carbocycles. The van der Waals surface area contributed by atoms with Crippen LogP contribution in [0.5, 0.6) is 17.2 Å². The Morgan fingerprint density at radius 2 is 1.90 bits per heavy atom. The summed E-state index contributed by atoms with van der Waals surface area (Å²) in [5.41, 5.74) is 7.68. The number of nitrogens with zero attached hydrogens (tertiary/aromatic N) is 2. The van der Waals surface area contributed by atoms with Gasteiger partial charge in [-0.15, -0.1) is 0 Å². The molecule has 212 valence electrons. The molecule has 0 saturated heterocycles. The third-order valence-electron chi connectivity index (χ3n) is 8.00. The molecule has 1 aromatic heterocycles. The molecule has 1 aliphatic heterocycles. The number of aryl methyl sites for hydroxylation is 3. The van der Waals surface area contributed by atoms with Crippen LogP contribution in [-0.2, 0) is 29.6 Å². The Labute approximate surface area is 238 Å². The van der Waals surface area contributed by atoms with Gasteiger partial charge in [-0.25, -0.2) is 4.39 Å². The molecule has 2 aliphatic rings. The van der Waals surface area contributed by atoms with Crippen molar-refractivity contribution in [3.8, 4) is 28.4 Å². The van der Waals surface area contributed by atoms with E-state index in [9.17, 15) is 4.79 Å². The number of esters is 1. The number of carbonyl (C=O) groups is 1. The monoisotopic (exact) mass is 556 g/mol. The zero-order valence-corrected chi connectivity index (χ0v) is 23.7. The van der Waals surface area contributed by atoms with Gasteiger partial charge in [0.2, 0.25) is 0 Å². The Kier molecular flexibility index (Phi) is 7.15. The Bertz CT molecular complexity index is 1610. The summed E-state index contributed by atoms with van der Waals surface area (Å²) in [5, 5.41) is 4.37. The van der Waals surface area contributed by atoms with E-state index in [1.165, 1.54) is 7.11 Å². The third-order valence-corrected chi connectivity index (χ3v) is 8.00. The van der Waals surface area contributed by atoms with Gasteiger partial charge in [-0.1, -0.05) is 12.1 Å². The summed E-state index contributed by atoms with van der Waals surface area (Å²) in [6.45, 7) is 4.94. The Morgan fingerprint density at radius 3 is 2.63 bits per heavy atom. The largest absolute Gasteiger partial charge is 0.492 e. The van der Waals surface area contributed by atoms with Crippen LogP contribution in [0.2, 0.25) is 0 Å². The summed E-state index contributed by atoms with van der Waals surface area (Å²) in [7, 11) is 3.27. The average molecular weight is 557 g/mol. The second-order valence-corrected chi connectivity index (χ2v) is 10.8. The van der Waals surface area contributed by atoms with Gasteiger partial charge in [0, 0.05) is 36.4 Å². The second kappa shape index (κ2) is 10.9. The summed E-state index contributed by atoms with van der Waals surface area (Å²) >= 11 is 0. The van der Waals surface area contributed by atoms with Crippen LogP contribution in [0.3, 0.4) is 0 Å². The molecular weight excluding hydrogens is 523 g/mol. The number of ether oxygens (including phenoxy) is 4. The fourth-order valence-electron chi connectivity index (χ4n) is 6.10. The van der Waals surface area contributed by atoms with Gasteiger partial charge in [-0.3, -0.25) is 9.48 Å². The quantitative estimate of drug-likeness (QED) is 0.230. The van der Waals surface area contributed by atoms with E-state index in [0.29, 0.717) is 43.1 Å². The van der Waals surface area contributed by atoms with E-state index in [0.717, 1.165) is 44.8 Å². The number of carbonyl (C=O) groups excluding carboxylic acids is 1. The van der Waals surface area contributed by atoms with E-state index in [4.69, 9.17) is 18.9 Å².